The van der Waals surface area contributed by atoms with Crippen molar-refractivity contribution in [2.24, 2.45) is 0 Å². The van der Waals surface area contributed by atoms with Gasteiger partial charge in [0.25, 0.3) is 0 Å². The molecule has 8 heteroatoms. The van der Waals surface area contributed by atoms with E-state index in [1.54, 1.807) is 0 Å². The van der Waals surface area contributed by atoms with Crippen LogP contribution in [0, 0.1) is 0 Å². The van der Waals surface area contributed by atoms with Crippen molar-refractivity contribution in [2.45, 2.75) is 19.4 Å². The minimum absolute atomic E-state index is 0.523. The molecule has 0 aliphatic carbocycles. The maximum Gasteiger partial charge on any atom is 0.232 e. The van der Waals surface area contributed by atoms with Gasteiger partial charge in [0, 0.05) is 38.8 Å². The van der Waals surface area contributed by atoms with Crippen molar-refractivity contribution in [3.05, 3.63) is 42.0 Å². The van der Waals surface area contributed by atoms with Gasteiger partial charge in [-0.1, -0.05) is 30.3 Å². The zero-order valence-corrected chi connectivity index (χ0v) is 16.7. The van der Waals surface area contributed by atoms with Crippen molar-refractivity contribution in [1.29, 1.82) is 0 Å². The van der Waals surface area contributed by atoms with Crippen molar-refractivity contribution in [3.63, 3.8) is 0 Å². The lowest BCUT2D eigenvalue weighted by molar-refractivity contribution is 0.122. The smallest absolute Gasteiger partial charge is 0.232 e. The molecule has 0 unspecified atom stereocenters. The first-order valence-electron chi connectivity index (χ1n) is 9.83. The van der Waals surface area contributed by atoms with Crippen LogP contribution in [0.3, 0.4) is 0 Å². The summed E-state index contributed by atoms with van der Waals surface area (Å²) in [6.07, 6.45) is 2.41. The van der Waals surface area contributed by atoms with Gasteiger partial charge in [0.05, 0.1) is 13.2 Å². The van der Waals surface area contributed by atoms with Crippen LogP contribution in [0.5, 0.6) is 0 Å². The van der Waals surface area contributed by atoms with Gasteiger partial charge in [-0.3, -0.25) is 0 Å². The molecule has 4 rings (SSSR count). The Morgan fingerprint density at radius 1 is 0.964 bits per heavy atom. The van der Waals surface area contributed by atoms with Gasteiger partial charge in [0.1, 0.15) is 11.6 Å². The lowest BCUT2D eigenvalue weighted by atomic mass is 10.2. The summed E-state index contributed by atoms with van der Waals surface area (Å²) >= 11 is 5.46. The van der Waals surface area contributed by atoms with Crippen LogP contribution in [0.4, 0.5) is 17.6 Å². The molecule has 2 aromatic rings. The van der Waals surface area contributed by atoms with Crippen LogP contribution in [0.25, 0.3) is 0 Å². The number of morpholine rings is 1. The number of ether oxygens (including phenoxy) is 1. The van der Waals surface area contributed by atoms with Gasteiger partial charge < -0.3 is 25.2 Å². The number of nitrogens with zero attached hydrogens (tertiary/aromatic N) is 4. The van der Waals surface area contributed by atoms with Crippen molar-refractivity contribution < 1.29 is 4.74 Å². The quantitative estimate of drug-likeness (QED) is 0.745. The van der Waals surface area contributed by atoms with Crippen LogP contribution in [-0.2, 0) is 11.3 Å². The van der Waals surface area contributed by atoms with E-state index in [1.807, 2.05) is 18.2 Å². The number of hydrogen-bond donors (Lipinski definition) is 2. The first kappa shape index (κ1) is 18.9. The second kappa shape index (κ2) is 9.16. The molecule has 0 atom stereocenters. The SMILES string of the molecule is S=C(NCc1ccccc1)Nc1nc(N2CCCC2)cc(N2CCOCC2)n1. The van der Waals surface area contributed by atoms with E-state index in [-0.39, 0.29) is 0 Å². The zero-order valence-electron chi connectivity index (χ0n) is 15.9. The molecule has 7 nitrogen and oxygen atoms in total. The molecule has 3 heterocycles. The molecule has 2 N–H and O–H groups in total. The second-order valence-electron chi connectivity index (χ2n) is 6.99. The largest absolute Gasteiger partial charge is 0.378 e. The standard InChI is InChI=1S/C20H26N6OS/c28-20(21-15-16-6-2-1-3-7-16)24-19-22-17(25-8-4-5-9-25)14-18(23-19)26-10-12-27-13-11-26/h1-3,6-7,14H,4-5,8-13,15H2,(H2,21,22,23,24,28). The average Bonchev–Trinajstić information content (AvgIpc) is 3.28. The van der Waals surface area contributed by atoms with E-state index in [0.29, 0.717) is 17.6 Å². The summed E-state index contributed by atoms with van der Waals surface area (Å²) in [7, 11) is 0. The molecular weight excluding hydrogens is 372 g/mol. The number of anilines is 3. The van der Waals surface area contributed by atoms with Crippen molar-refractivity contribution >= 4 is 34.9 Å². The van der Waals surface area contributed by atoms with E-state index in [0.717, 1.165) is 51.0 Å². The molecule has 1 aromatic carbocycles. The summed E-state index contributed by atoms with van der Waals surface area (Å²) in [5.74, 6) is 2.42. The van der Waals surface area contributed by atoms with Crippen LogP contribution in [0.1, 0.15) is 18.4 Å². The molecule has 0 amide bonds. The molecule has 2 saturated heterocycles. The fourth-order valence-corrected chi connectivity index (χ4v) is 3.63. The number of rotatable bonds is 5. The summed E-state index contributed by atoms with van der Waals surface area (Å²) < 4.78 is 5.48. The van der Waals surface area contributed by atoms with E-state index in [2.05, 4.69) is 38.6 Å². The van der Waals surface area contributed by atoms with Crippen molar-refractivity contribution in [1.82, 2.24) is 15.3 Å². The number of hydrogen-bond acceptors (Lipinski definition) is 6. The minimum atomic E-state index is 0.523. The molecular formula is C20H26N6OS. The topological polar surface area (TPSA) is 65.6 Å². The highest BCUT2D eigenvalue weighted by atomic mass is 32.1. The minimum Gasteiger partial charge on any atom is -0.378 e. The maximum absolute atomic E-state index is 5.48. The van der Waals surface area contributed by atoms with Crippen molar-refractivity contribution in [2.75, 3.05) is 54.5 Å². The van der Waals surface area contributed by atoms with E-state index >= 15 is 0 Å². The van der Waals surface area contributed by atoms with E-state index in [4.69, 9.17) is 26.9 Å². The number of aromatic nitrogens is 2. The molecule has 2 aliphatic rings. The molecule has 148 valence electrons. The molecule has 0 radical (unpaired) electrons. The molecule has 0 bridgehead atoms. The lowest BCUT2D eigenvalue weighted by Crippen LogP contribution is -2.37. The van der Waals surface area contributed by atoms with Gasteiger partial charge in [-0.25, -0.2) is 0 Å². The predicted molar refractivity (Wildman–Crippen MR) is 116 cm³/mol. The Kier molecular flexibility index (Phi) is 6.18. The maximum atomic E-state index is 5.48. The van der Waals surface area contributed by atoms with Crippen LogP contribution >= 0.6 is 12.2 Å². The monoisotopic (exact) mass is 398 g/mol. The predicted octanol–water partition coefficient (Wildman–Crippen LogP) is 2.40. The molecule has 1 aromatic heterocycles. The summed E-state index contributed by atoms with van der Waals surface area (Å²) in [5.41, 5.74) is 1.17. The van der Waals surface area contributed by atoms with Gasteiger partial charge in [-0.15, -0.1) is 0 Å². The molecule has 0 saturated carbocycles. The third kappa shape index (κ3) is 4.88. The van der Waals surface area contributed by atoms with Gasteiger partial charge in [0.2, 0.25) is 5.95 Å². The first-order valence-corrected chi connectivity index (χ1v) is 10.2. The first-order chi connectivity index (χ1) is 13.8. The third-order valence-electron chi connectivity index (χ3n) is 4.99. The Labute approximate surface area is 171 Å². The summed E-state index contributed by atoms with van der Waals surface area (Å²) in [5, 5.41) is 6.92. The zero-order chi connectivity index (χ0) is 19.2. The Morgan fingerprint density at radius 2 is 1.61 bits per heavy atom. The second-order valence-corrected chi connectivity index (χ2v) is 7.40. The number of thiocarbonyl (C=S) groups is 1. The highest BCUT2D eigenvalue weighted by Gasteiger charge is 2.19. The summed E-state index contributed by atoms with van der Waals surface area (Å²) in [6, 6.07) is 12.3. The third-order valence-corrected chi connectivity index (χ3v) is 5.23. The van der Waals surface area contributed by atoms with Gasteiger partial charge in [-0.05, 0) is 30.6 Å². The van der Waals surface area contributed by atoms with E-state index in [1.165, 1.54) is 18.4 Å². The lowest BCUT2D eigenvalue weighted by Gasteiger charge is -2.29. The summed E-state index contributed by atoms with van der Waals surface area (Å²) in [4.78, 5) is 14.0. The Hall–Kier alpha value is -2.45. The van der Waals surface area contributed by atoms with Crippen molar-refractivity contribution in [3.8, 4) is 0 Å². The highest BCUT2D eigenvalue weighted by Crippen LogP contribution is 2.24. The van der Waals surface area contributed by atoms with Gasteiger partial charge >= 0.3 is 0 Å². The number of nitrogens with one attached hydrogen (secondary N) is 2. The van der Waals surface area contributed by atoms with Crippen LogP contribution < -0.4 is 20.4 Å². The molecule has 2 fully saturated rings. The van der Waals surface area contributed by atoms with Gasteiger partial charge in [0.15, 0.2) is 5.11 Å². The average molecular weight is 399 g/mol. The Balaban J connectivity index is 1.47. The van der Waals surface area contributed by atoms with Crippen LogP contribution in [-0.4, -0.2) is 54.5 Å². The Morgan fingerprint density at radius 3 is 2.29 bits per heavy atom. The van der Waals surface area contributed by atoms with Crippen LogP contribution in [0.15, 0.2) is 36.4 Å². The fraction of sp³-hybridized carbons (Fsp3) is 0.450. The molecule has 0 spiro atoms. The van der Waals surface area contributed by atoms with Crippen LogP contribution in [0.2, 0.25) is 0 Å². The van der Waals surface area contributed by atoms with E-state index < -0.39 is 0 Å². The highest BCUT2D eigenvalue weighted by molar-refractivity contribution is 7.80. The molecule has 2 aliphatic heterocycles. The van der Waals surface area contributed by atoms with E-state index in [9.17, 15) is 0 Å². The Bertz CT molecular complexity index is 791. The fourth-order valence-electron chi connectivity index (χ4n) is 3.46. The molecule has 28 heavy (non-hydrogen) atoms. The normalized spacial score (nSPS) is 16.9. The van der Waals surface area contributed by atoms with Gasteiger partial charge in [-0.2, -0.15) is 9.97 Å². The number of benzene rings is 1. The summed E-state index contributed by atoms with van der Waals surface area (Å²) in [6.45, 7) is 5.87.